The smallest absolute Gasteiger partial charge is 0.215 e. The molecular formula is C13H22N4O. The lowest BCUT2D eigenvalue weighted by Gasteiger charge is -2.15. The molecule has 1 aromatic rings. The van der Waals surface area contributed by atoms with E-state index >= 15 is 0 Å². The summed E-state index contributed by atoms with van der Waals surface area (Å²) in [5.41, 5.74) is 6.52. The lowest BCUT2D eigenvalue weighted by molar-refractivity contribution is 0.337. The first-order chi connectivity index (χ1) is 8.79. The van der Waals surface area contributed by atoms with E-state index in [1.54, 1.807) is 13.2 Å². The maximum absolute atomic E-state index is 5.86. The van der Waals surface area contributed by atoms with E-state index in [0.29, 0.717) is 11.6 Å². The molecule has 1 aliphatic heterocycles. The van der Waals surface area contributed by atoms with Crippen LogP contribution in [-0.2, 0) is 0 Å². The Hall–Kier alpha value is -1.49. The Bertz CT molecular complexity index is 377. The normalized spacial score (nSPS) is 15.8. The minimum atomic E-state index is 0.589. The average Bonchev–Trinajstić information content (AvgIpc) is 2.89. The molecule has 0 saturated carbocycles. The number of nitrogen functional groups attached to an aromatic ring is 1. The summed E-state index contributed by atoms with van der Waals surface area (Å²) in [6, 6.07) is 3.58. The van der Waals surface area contributed by atoms with Gasteiger partial charge in [0.15, 0.2) is 5.82 Å². The lowest BCUT2D eigenvalue weighted by atomic mass is 10.3. The number of hydrogen-bond donors (Lipinski definition) is 2. The van der Waals surface area contributed by atoms with Crippen LogP contribution in [0.3, 0.4) is 0 Å². The van der Waals surface area contributed by atoms with Gasteiger partial charge in [-0.25, -0.2) is 0 Å². The van der Waals surface area contributed by atoms with Gasteiger partial charge in [0.1, 0.15) is 0 Å². The van der Waals surface area contributed by atoms with E-state index in [1.807, 2.05) is 6.07 Å². The SMILES string of the molecule is COc1ccc(N)c(NCCCN2CCCC2)n1. The fourth-order valence-corrected chi connectivity index (χ4v) is 2.22. The number of ether oxygens (including phenoxy) is 1. The molecule has 5 nitrogen and oxygen atoms in total. The van der Waals surface area contributed by atoms with Crippen molar-refractivity contribution >= 4 is 11.5 Å². The van der Waals surface area contributed by atoms with Gasteiger partial charge in [0.05, 0.1) is 12.8 Å². The van der Waals surface area contributed by atoms with Gasteiger partial charge in [0.2, 0.25) is 5.88 Å². The van der Waals surface area contributed by atoms with E-state index in [2.05, 4.69) is 15.2 Å². The van der Waals surface area contributed by atoms with Crippen molar-refractivity contribution in [2.75, 3.05) is 44.3 Å². The topological polar surface area (TPSA) is 63.4 Å². The third-order valence-corrected chi connectivity index (χ3v) is 3.25. The highest BCUT2D eigenvalue weighted by molar-refractivity contribution is 5.61. The van der Waals surface area contributed by atoms with Crippen molar-refractivity contribution in [1.82, 2.24) is 9.88 Å². The van der Waals surface area contributed by atoms with Crippen LogP contribution in [-0.4, -0.2) is 43.2 Å². The van der Waals surface area contributed by atoms with E-state index in [-0.39, 0.29) is 0 Å². The van der Waals surface area contributed by atoms with Gasteiger partial charge >= 0.3 is 0 Å². The van der Waals surface area contributed by atoms with Gasteiger partial charge in [-0.15, -0.1) is 0 Å². The van der Waals surface area contributed by atoms with Crippen LogP contribution in [0.5, 0.6) is 5.88 Å². The molecule has 18 heavy (non-hydrogen) atoms. The van der Waals surface area contributed by atoms with Crippen LogP contribution < -0.4 is 15.8 Å². The number of pyridine rings is 1. The highest BCUT2D eigenvalue weighted by Crippen LogP contribution is 2.19. The van der Waals surface area contributed by atoms with Gasteiger partial charge in [-0.05, 0) is 45.0 Å². The molecular weight excluding hydrogens is 228 g/mol. The summed E-state index contributed by atoms with van der Waals surface area (Å²) in [6.07, 6.45) is 3.80. The second kappa shape index (κ2) is 6.44. The highest BCUT2D eigenvalue weighted by atomic mass is 16.5. The van der Waals surface area contributed by atoms with Crippen molar-refractivity contribution in [3.63, 3.8) is 0 Å². The standard InChI is InChI=1S/C13H22N4O/c1-18-12-6-5-11(14)13(16-12)15-7-4-10-17-8-2-3-9-17/h5-6H,2-4,7-10,14H2,1H3,(H,15,16). The molecule has 0 aliphatic carbocycles. The van der Waals surface area contributed by atoms with Crippen LogP contribution in [0.4, 0.5) is 11.5 Å². The molecule has 0 radical (unpaired) electrons. The van der Waals surface area contributed by atoms with E-state index < -0.39 is 0 Å². The number of nitrogens with one attached hydrogen (secondary N) is 1. The zero-order valence-electron chi connectivity index (χ0n) is 11.0. The quantitative estimate of drug-likeness (QED) is 0.750. The number of anilines is 2. The summed E-state index contributed by atoms with van der Waals surface area (Å²) in [4.78, 5) is 6.79. The molecule has 0 unspecified atom stereocenters. The maximum Gasteiger partial charge on any atom is 0.215 e. The molecule has 1 aromatic heterocycles. The van der Waals surface area contributed by atoms with Crippen molar-refractivity contribution in [3.05, 3.63) is 12.1 Å². The summed E-state index contributed by atoms with van der Waals surface area (Å²) < 4.78 is 5.08. The van der Waals surface area contributed by atoms with E-state index in [9.17, 15) is 0 Å². The molecule has 2 rings (SSSR count). The second-order valence-corrected chi connectivity index (χ2v) is 4.62. The number of rotatable bonds is 6. The predicted octanol–water partition coefficient (Wildman–Crippen LogP) is 1.57. The first kappa shape index (κ1) is 13.0. The third-order valence-electron chi connectivity index (χ3n) is 3.25. The Kier molecular flexibility index (Phi) is 4.64. The first-order valence-corrected chi connectivity index (χ1v) is 6.56. The van der Waals surface area contributed by atoms with Gasteiger partial charge in [-0.2, -0.15) is 4.98 Å². The minimum absolute atomic E-state index is 0.589. The first-order valence-electron chi connectivity index (χ1n) is 6.56. The van der Waals surface area contributed by atoms with Gasteiger partial charge in [0, 0.05) is 12.6 Å². The van der Waals surface area contributed by atoms with Gasteiger partial charge in [0.25, 0.3) is 0 Å². The van der Waals surface area contributed by atoms with Crippen molar-refractivity contribution in [1.29, 1.82) is 0 Å². The fraction of sp³-hybridized carbons (Fsp3) is 0.615. The number of nitrogens with two attached hydrogens (primary N) is 1. The number of methoxy groups -OCH3 is 1. The van der Waals surface area contributed by atoms with Crippen molar-refractivity contribution in [2.45, 2.75) is 19.3 Å². The minimum Gasteiger partial charge on any atom is -0.481 e. The summed E-state index contributed by atoms with van der Waals surface area (Å²) in [7, 11) is 1.61. The highest BCUT2D eigenvalue weighted by Gasteiger charge is 2.10. The number of aromatic nitrogens is 1. The number of likely N-dealkylation sites (tertiary alicyclic amines) is 1. The summed E-state index contributed by atoms with van der Waals surface area (Å²) >= 11 is 0. The van der Waals surface area contributed by atoms with Gasteiger partial charge in [-0.1, -0.05) is 0 Å². The van der Waals surface area contributed by atoms with E-state index in [1.165, 1.54) is 25.9 Å². The Balaban J connectivity index is 1.75. The van der Waals surface area contributed by atoms with Crippen molar-refractivity contribution in [2.24, 2.45) is 0 Å². The molecule has 0 aromatic carbocycles. The molecule has 0 bridgehead atoms. The molecule has 3 N–H and O–H groups in total. The third kappa shape index (κ3) is 3.50. The maximum atomic E-state index is 5.86. The zero-order chi connectivity index (χ0) is 12.8. The lowest BCUT2D eigenvalue weighted by Crippen LogP contribution is -2.22. The largest absolute Gasteiger partial charge is 0.481 e. The molecule has 1 fully saturated rings. The Morgan fingerprint density at radius 2 is 2.17 bits per heavy atom. The molecule has 0 atom stereocenters. The van der Waals surface area contributed by atoms with Gasteiger partial charge in [-0.3, -0.25) is 0 Å². The molecule has 1 aliphatic rings. The number of nitrogens with zero attached hydrogens (tertiary/aromatic N) is 2. The molecule has 5 heteroatoms. The monoisotopic (exact) mass is 250 g/mol. The van der Waals surface area contributed by atoms with E-state index in [4.69, 9.17) is 10.5 Å². The summed E-state index contributed by atoms with van der Waals surface area (Å²) in [5.74, 6) is 1.31. The molecule has 0 amide bonds. The van der Waals surface area contributed by atoms with Crippen LogP contribution in [0, 0.1) is 0 Å². The van der Waals surface area contributed by atoms with Crippen LogP contribution in [0.1, 0.15) is 19.3 Å². The van der Waals surface area contributed by atoms with Crippen LogP contribution in [0.15, 0.2) is 12.1 Å². The Morgan fingerprint density at radius 3 is 2.89 bits per heavy atom. The summed E-state index contributed by atoms with van der Waals surface area (Å²) in [6.45, 7) is 4.54. The van der Waals surface area contributed by atoms with E-state index in [0.717, 1.165) is 25.3 Å². The van der Waals surface area contributed by atoms with Crippen LogP contribution >= 0.6 is 0 Å². The van der Waals surface area contributed by atoms with Crippen LogP contribution in [0.25, 0.3) is 0 Å². The Labute approximate surface area is 108 Å². The zero-order valence-corrected chi connectivity index (χ0v) is 11.0. The molecule has 0 spiro atoms. The molecule has 2 heterocycles. The van der Waals surface area contributed by atoms with Crippen molar-refractivity contribution in [3.8, 4) is 5.88 Å². The fourth-order valence-electron chi connectivity index (χ4n) is 2.22. The molecule has 1 saturated heterocycles. The van der Waals surface area contributed by atoms with Crippen LogP contribution in [0.2, 0.25) is 0 Å². The second-order valence-electron chi connectivity index (χ2n) is 4.62. The predicted molar refractivity (Wildman–Crippen MR) is 74.0 cm³/mol. The number of hydrogen-bond acceptors (Lipinski definition) is 5. The average molecular weight is 250 g/mol. The Morgan fingerprint density at radius 1 is 1.39 bits per heavy atom. The molecule has 100 valence electrons. The van der Waals surface area contributed by atoms with Gasteiger partial charge < -0.3 is 20.7 Å². The van der Waals surface area contributed by atoms with Crippen molar-refractivity contribution < 1.29 is 4.74 Å². The summed E-state index contributed by atoms with van der Waals surface area (Å²) in [5, 5.41) is 3.27.